The lowest BCUT2D eigenvalue weighted by Gasteiger charge is -2.08. The van der Waals surface area contributed by atoms with E-state index in [9.17, 15) is 9.59 Å². The highest BCUT2D eigenvalue weighted by Crippen LogP contribution is 2.27. The summed E-state index contributed by atoms with van der Waals surface area (Å²) >= 11 is 2.53. The molecule has 0 saturated carbocycles. The van der Waals surface area contributed by atoms with Crippen LogP contribution < -0.4 is 5.32 Å². The van der Waals surface area contributed by atoms with E-state index < -0.39 is 5.97 Å². The lowest BCUT2D eigenvalue weighted by atomic mass is 10.1. The Labute approximate surface area is 171 Å². The van der Waals surface area contributed by atoms with Crippen molar-refractivity contribution >= 4 is 51.0 Å². The molecule has 0 bridgehead atoms. The normalized spacial score (nSPS) is 10.8. The van der Waals surface area contributed by atoms with E-state index in [-0.39, 0.29) is 11.7 Å². The van der Waals surface area contributed by atoms with E-state index >= 15 is 0 Å². The first-order valence-corrected chi connectivity index (χ1v) is 10.8. The monoisotopic (exact) mass is 415 g/mol. The van der Waals surface area contributed by atoms with Crippen LogP contribution >= 0.6 is 23.1 Å². The molecule has 8 heteroatoms. The maximum absolute atomic E-state index is 12.4. The third kappa shape index (κ3) is 4.69. The van der Waals surface area contributed by atoms with Gasteiger partial charge in [0.05, 0.1) is 23.6 Å². The van der Waals surface area contributed by atoms with E-state index in [1.165, 1.54) is 11.8 Å². The summed E-state index contributed by atoms with van der Waals surface area (Å²) < 4.78 is 5.00. The van der Waals surface area contributed by atoms with Crippen molar-refractivity contribution in [2.75, 3.05) is 17.7 Å². The molecule has 1 amide bonds. The van der Waals surface area contributed by atoms with Gasteiger partial charge in [-0.05, 0) is 38.0 Å². The number of ether oxygens (including phenoxy) is 1. The van der Waals surface area contributed by atoms with Gasteiger partial charge in [0, 0.05) is 5.39 Å². The molecule has 0 aliphatic rings. The molecule has 1 N–H and O–H groups in total. The highest BCUT2D eigenvalue weighted by molar-refractivity contribution is 8.00. The minimum absolute atomic E-state index is 0.189. The summed E-state index contributed by atoms with van der Waals surface area (Å²) in [4.78, 5) is 33.6. The number of hydrogen-bond donors (Lipinski definition) is 1. The Hall–Kier alpha value is -2.45. The summed E-state index contributed by atoms with van der Waals surface area (Å²) in [7, 11) is 0. The molecule has 0 aliphatic heterocycles. The van der Waals surface area contributed by atoms with Crippen molar-refractivity contribution in [1.82, 2.24) is 9.97 Å². The van der Waals surface area contributed by atoms with Crippen molar-refractivity contribution in [3.05, 3.63) is 46.5 Å². The Morgan fingerprint density at radius 3 is 2.75 bits per heavy atom. The van der Waals surface area contributed by atoms with Crippen LogP contribution in [0.15, 0.2) is 35.4 Å². The van der Waals surface area contributed by atoms with Gasteiger partial charge in [-0.1, -0.05) is 48.2 Å². The quantitative estimate of drug-likeness (QED) is 0.453. The fourth-order valence-electron chi connectivity index (χ4n) is 2.65. The molecule has 3 aromatic rings. The Bertz CT molecular complexity index is 1020. The first-order valence-electron chi connectivity index (χ1n) is 8.97. The van der Waals surface area contributed by atoms with Crippen LogP contribution in [0.3, 0.4) is 0 Å². The topological polar surface area (TPSA) is 81.2 Å². The number of para-hydroxylation sites is 1. The van der Waals surface area contributed by atoms with Crippen molar-refractivity contribution in [3.8, 4) is 0 Å². The summed E-state index contributed by atoms with van der Waals surface area (Å²) in [6.07, 6.45) is 0.844. The average molecular weight is 416 g/mol. The van der Waals surface area contributed by atoms with Crippen LogP contribution in [-0.4, -0.2) is 34.2 Å². The number of nitrogens with zero attached hydrogens (tertiary/aromatic N) is 2. The molecule has 0 saturated heterocycles. The van der Waals surface area contributed by atoms with Crippen molar-refractivity contribution < 1.29 is 14.3 Å². The molecule has 28 heavy (non-hydrogen) atoms. The second-order valence-corrected chi connectivity index (χ2v) is 7.95. The highest BCUT2D eigenvalue weighted by atomic mass is 32.2. The molecule has 2 aromatic heterocycles. The zero-order valence-corrected chi connectivity index (χ0v) is 17.6. The van der Waals surface area contributed by atoms with Gasteiger partial charge in [-0.2, -0.15) is 0 Å². The van der Waals surface area contributed by atoms with E-state index in [1.807, 2.05) is 24.3 Å². The molecular formula is C20H21N3O3S2. The summed E-state index contributed by atoms with van der Waals surface area (Å²) in [6.45, 7) is 5.84. The Morgan fingerprint density at radius 2 is 2.00 bits per heavy atom. The van der Waals surface area contributed by atoms with Gasteiger partial charge in [0.25, 0.3) is 0 Å². The summed E-state index contributed by atoms with van der Waals surface area (Å²) in [5.41, 5.74) is 2.58. The predicted octanol–water partition coefficient (Wildman–Crippen LogP) is 4.47. The number of aryl methyl sites for hydroxylation is 2. The highest BCUT2D eigenvalue weighted by Gasteiger charge is 2.18. The van der Waals surface area contributed by atoms with E-state index in [2.05, 4.69) is 23.3 Å². The molecule has 0 unspecified atom stereocenters. The van der Waals surface area contributed by atoms with E-state index in [0.29, 0.717) is 22.3 Å². The molecule has 0 spiro atoms. The van der Waals surface area contributed by atoms with Crippen LogP contribution in [0.2, 0.25) is 0 Å². The second-order valence-electron chi connectivity index (χ2n) is 5.99. The van der Waals surface area contributed by atoms with Gasteiger partial charge in [-0.3, -0.25) is 4.79 Å². The SMILES string of the molecule is CCOC(=O)c1sc(NC(=O)CSc2nc3ccccc3cc2CC)nc1C. The Kier molecular flexibility index (Phi) is 6.64. The van der Waals surface area contributed by atoms with Crippen LogP contribution in [-0.2, 0) is 16.0 Å². The number of aromatic nitrogens is 2. The maximum atomic E-state index is 12.4. The minimum Gasteiger partial charge on any atom is -0.462 e. The zero-order valence-electron chi connectivity index (χ0n) is 15.9. The molecule has 0 radical (unpaired) electrons. The maximum Gasteiger partial charge on any atom is 0.350 e. The van der Waals surface area contributed by atoms with Crippen LogP contribution in [0.25, 0.3) is 10.9 Å². The molecule has 1 aromatic carbocycles. The fraction of sp³-hybridized carbons (Fsp3) is 0.300. The number of pyridine rings is 1. The smallest absolute Gasteiger partial charge is 0.350 e. The fourth-order valence-corrected chi connectivity index (χ4v) is 4.41. The second kappa shape index (κ2) is 9.16. The van der Waals surface area contributed by atoms with E-state index in [1.54, 1.807) is 13.8 Å². The molecule has 0 aliphatic carbocycles. The van der Waals surface area contributed by atoms with Crippen LogP contribution in [0.4, 0.5) is 5.13 Å². The Morgan fingerprint density at radius 1 is 1.21 bits per heavy atom. The number of benzene rings is 1. The predicted molar refractivity (Wildman–Crippen MR) is 113 cm³/mol. The largest absolute Gasteiger partial charge is 0.462 e. The number of carbonyl (C=O) groups is 2. The van der Waals surface area contributed by atoms with Crippen molar-refractivity contribution in [2.24, 2.45) is 0 Å². The van der Waals surface area contributed by atoms with Gasteiger partial charge < -0.3 is 10.1 Å². The Balaban J connectivity index is 1.67. The number of esters is 1. The molecular weight excluding hydrogens is 394 g/mol. The standard InChI is InChI=1S/C20H21N3O3S2/c1-4-13-10-14-8-6-7-9-15(14)22-18(13)27-11-16(24)23-20-21-12(3)17(28-20)19(25)26-5-2/h6-10H,4-5,11H2,1-3H3,(H,21,23,24). The number of carbonyl (C=O) groups excluding carboxylic acids is 2. The molecule has 0 atom stereocenters. The number of nitrogens with one attached hydrogen (secondary N) is 1. The lowest BCUT2D eigenvalue weighted by molar-refractivity contribution is -0.113. The van der Waals surface area contributed by atoms with Gasteiger partial charge in [-0.15, -0.1) is 0 Å². The van der Waals surface area contributed by atoms with Gasteiger partial charge in [-0.25, -0.2) is 14.8 Å². The summed E-state index contributed by atoms with van der Waals surface area (Å²) in [6, 6.07) is 10.1. The van der Waals surface area contributed by atoms with Crippen LogP contribution in [0.1, 0.15) is 34.8 Å². The lowest BCUT2D eigenvalue weighted by Crippen LogP contribution is -2.14. The van der Waals surface area contributed by atoms with Crippen molar-refractivity contribution in [1.29, 1.82) is 0 Å². The third-order valence-corrected chi connectivity index (χ3v) is 6.07. The van der Waals surface area contributed by atoms with Gasteiger partial charge in [0.2, 0.25) is 5.91 Å². The van der Waals surface area contributed by atoms with Crippen LogP contribution in [0, 0.1) is 6.92 Å². The number of anilines is 1. The van der Waals surface area contributed by atoms with Crippen molar-refractivity contribution in [2.45, 2.75) is 32.2 Å². The molecule has 3 rings (SSSR count). The van der Waals surface area contributed by atoms with Gasteiger partial charge in [0.15, 0.2) is 5.13 Å². The number of fused-ring (bicyclic) bond motifs is 1. The molecule has 146 valence electrons. The number of rotatable bonds is 7. The number of thioether (sulfide) groups is 1. The number of amides is 1. The first-order chi connectivity index (χ1) is 13.5. The van der Waals surface area contributed by atoms with Crippen molar-refractivity contribution in [3.63, 3.8) is 0 Å². The average Bonchev–Trinajstić information content (AvgIpc) is 3.05. The zero-order chi connectivity index (χ0) is 20.1. The van der Waals surface area contributed by atoms with E-state index in [0.717, 1.165) is 39.2 Å². The first kappa shape index (κ1) is 20.3. The molecule has 0 fully saturated rings. The molecule has 6 nitrogen and oxygen atoms in total. The third-order valence-electron chi connectivity index (χ3n) is 3.99. The molecule has 2 heterocycles. The van der Waals surface area contributed by atoms with Crippen LogP contribution in [0.5, 0.6) is 0 Å². The van der Waals surface area contributed by atoms with Gasteiger partial charge >= 0.3 is 5.97 Å². The minimum atomic E-state index is -0.416. The summed E-state index contributed by atoms with van der Waals surface area (Å²) in [5.74, 6) is -0.391. The number of hydrogen-bond acceptors (Lipinski definition) is 7. The van der Waals surface area contributed by atoms with Gasteiger partial charge in [0.1, 0.15) is 9.90 Å². The van der Waals surface area contributed by atoms with E-state index in [4.69, 9.17) is 9.72 Å². The summed E-state index contributed by atoms with van der Waals surface area (Å²) in [5, 5.41) is 5.11. The number of thiazole rings is 1.